The summed E-state index contributed by atoms with van der Waals surface area (Å²) in [7, 11) is 1.69. The van der Waals surface area contributed by atoms with Gasteiger partial charge in [-0.1, -0.05) is 13.8 Å². The predicted molar refractivity (Wildman–Crippen MR) is 76.2 cm³/mol. The minimum atomic E-state index is -0.335. The first-order valence-corrected chi connectivity index (χ1v) is 7.47. The van der Waals surface area contributed by atoms with Crippen LogP contribution in [-0.2, 0) is 14.3 Å². The molecule has 2 unspecified atom stereocenters. The monoisotopic (exact) mass is 282 g/mol. The first-order valence-electron chi connectivity index (χ1n) is 7.47. The van der Waals surface area contributed by atoms with Crippen LogP contribution in [0, 0.1) is 5.41 Å². The Bertz CT molecular complexity index is 395. The Morgan fingerprint density at radius 3 is 2.65 bits per heavy atom. The summed E-state index contributed by atoms with van der Waals surface area (Å²) < 4.78 is 5.13. The highest BCUT2D eigenvalue weighted by Crippen LogP contribution is 2.30. The minimum absolute atomic E-state index is 0.0407. The molecule has 0 radical (unpaired) electrons. The molecule has 2 fully saturated rings. The fraction of sp³-hybridized carbons (Fsp3) is 0.867. The van der Waals surface area contributed by atoms with Crippen LogP contribution in [0.4, 0.5) is 0 Å². The Balaban J connectivity index is 2.10. The van der Waals surface area contributed by atoms with Gasteiger partial charge in [-0.05, 0) is 31.6 Å². The molecule has 0 aromatic carbocycles. The topological polar surface area (TPSA) is 49.9 Å². The lowest BCUT2D eigenvalue weighted by Gasteiger charge is -2.44. The summed E-state index contributed by atoms with van der Waals surface area (Å²) in [5, 5.41) is 0. The normalized spacial score (nSPS) is 27.2. The first kappa shape index (κ1) is 15.3. The van der Waals surface area contributed by atoms with Gasteiger partial charge >= 0.3 is 0 Å². The molecule has 114 valence electrons. The van der Waals surface area contributed by atoms with Crippen LogP contribution in [0.1, 0.15) is 40.0 Å². The minimum Gasteiger partial charge on any atom is -0.385 e. The van der Waals surface area contributed by atoms with Gasteiger partial charge < -0.3 is 14.5 Å². The number of rotatable bonds is 5. The van der Waals surface area contributed by atoms with Crippen molar-refractivity contribution < 1.29 is 14.3 Å². The van der Waals surface area contributed by atoms with E-state index in [2.05, 4.69) is 13.8 Å². The molecule has 2 aliphatic heterocycles. The van der Waals surface area contributed by atoms with Crippen molar-refractivity contribution in [2.45, 2.75) is 52.1 Å². The second-order valence-corrected chi connectivity index (χ2v) is 6.74. The molecule has 20 heavy (non-hydrogen) atoms. The molecule has 0 aromatic rings. The molecule has 2 aliphatic rings. The number of piperazine rings is 1. The number of amides is 2. The Kier molecular flexibility index (Phi) is 4.37. The fourth-order valence-electron chi connectivity index (χ4n) is 3.18. The molecule has 2 saturated heterocycles. The summed E-state index contributed by atoms with van der Waals surface area (Å²) in [5.74, 6) is 0.231. The summed E-state index contributed by atoms with van der Waals surface area (Å²) in [6, 6.07) is -0.546. The first-order chi connectivity index (χ1) is 9.37. The number of ether oxygens (including phenoxy) is 1. The standard InChI is InChI=1S/C15H26N2O3/c1-11-13(18)16-8-5-6-12(16)14(19)17(11)10-15(2,3)7-9-20-4/h11-12H,5-10H2,1-4H3. The van der Waals surface area contributed by atoms with Crippen LogP contribution in [0.5, 0.6) is 0 Å². The average Bonchev–Trinajstić information content (AvgIpc) is 2.88. The third-order valence-corrected chi connectivity index (χ3v) is 4.51. The van der Waals surface area contributed by atoms with Crippen molar-refractivity contribution in [1.29, 1.82) is 0 Å². The molecule has 5 nitrogen and oxygen atoms in total. The van der Waals surface area contributed by atoms with Crippen molar-refractivity contribution in [1.82, 2.24) is 9.80 Å². The third-order valence-electron chi connectivity index (χ3n) is 4.51. The highest BCUT2D eigenvalue weighted by molar-refractivity contribution is 5.97. The van der Waals surface area contributed by atoms with Gasteiger partial charge in [0.15, 0.2) is 0 Å². The maximum Gasteiger partial charge on any atom is 0.246 e. The van der Waals surface area contributed by atoms with E-state index in [1.54, 1.807) is 16.9 Å². The fourth-order valence-corrected chi connectivity index (χ4v) is 3.18. The molecule has 2 atom stereocenters. The quantitative estimate of drug-likeness (QED) is 0.763. The van der Waals surface area contributed by atoms with Crippen molar-refractivity contribution in [3.05, 3.63) is 0 Å². The molecule has 0 bridgehead atoms. The van der Waals surface area contributed by atoms with Crippen LogP contribution in [0.15, 0.2) is 0 Å². The van der Waals surface area contributed by atoms with Gasteiger partial charge in [0, 0.05) is 26.8 Å². The number of fused-ring (bicyclic) bond motifs is 1. The summed E-state index contributed by atoms with van der Waals surface area (Å²) in [4.78, 5) is 28.5. The predicted octanol–water partition coefficient (Wildman–Crippen LogP) is 1.27. The van der Waals surface area contributed by atoms with Gasteiger partial charge in [0.1, 0.15) is 12.1 Å². The van der Waals surface area contributed by atoms with Gasteiger partial charge in [0.25, 0.3) is 0 Å². The SMILES string of the molecule is COCCC(C)(C)CN1C(=O)C2CCCN2C(=O)C1C. The lowest BCUT2D eigenvalue weighted by Crippen LogP contribution is -2.63. The summed E-state index contributed by atoms with van der Waals surface area (Å²) >= 11 is 0. The van der Waals surface area contributed by atoms with Crippen molar-refractivity contribution in [2.24, 2.45) is 5.41 Å². The van der Waals surface area contributed by atoms with E-state index in [9.17, 15) is 9.59 Å². The summed E-state index contributed by atoms with van der Waals surface area (Å²) in [6.07, 6.45) is 2.63. The molecule has 0 N–H and O–H groups in total. The molecule has 0 aromatic heterocycles. The van der Waals surface area contributed by atoms with Gasteiger partial charge in [0.05, 0.1) is 0 Å². The van der Waals surface area contributed by atoms with Gasteiger partial charge in [-0.25, -0.2) is 0 Å². The molecule has 0 saturated carbocycles. The zero-order valence-electron chi connectivity index (χ0n) is 13.0. The highest BCUT2D eigenvalue weighted by atomic mass is 16.5. The third kappa shape index (κ3) is 2.82. The number of hydrogen-bond acceptors (Lipinski definition) is 3. The van der Waals surface area contributed by atoms with E-state index >= 15 is 0 Å². The van der Waals surface area contributed by atoms with Crippen LogP contribution >= 0.6 is 0 Å². The Hall–Kier alpha value is -1.10. The highest BCUT2D eigenvalue weighted by Gasteiger charge is 2.46. The molecule has 5 heteroatoms. The van der Waals surface area contributed by atoms with E-state index in [-0.39, 0.29) is 29.3 Å². The maximum atomic E-state index is 12.6. The van der Waals surface area contributed by atoms with Crippen molar-refractivity contribution >= 4 is 11.8 Å². The molecular formula is C15H26N2O3. The molecule has 2 rings (SSSR count). The van der Waals surface area contributed by atoms with Crippen LogP contribution in [0.25, 0.3) is 0 Å². The smallest absolute Gasteiger partial charge is 0.246 e. The largest absolute Gasteiger partial charge is 0.385 e. The van der Waals surface area contributed by atoms with E-state index < -0.39 is 0 Å². The lowest BCUT2D eigenvalue weighted by molar-refractivity contribution is -0.160. The lowest BCUT2D eigenvalue weighted by atomic mass is 9.87. The van der Waals surface area contributed by atoms with E-state index in [0.717, 1.165) is 25.8 Å². The molecule has 0 spiro atoms. The van der Waals surface area contributed by atoms with Crippen LogP contribution in [-0.4, -0.2) is 60.5 Å². The molecule has 2 heterocycles. The zero-order chi connectivity index (χ0) is 14.9. The number of carbonyl (C=O) groups is 2. The van der Waals surface area contributed by atoms with Crippen molar-refractivity contribution in [2.75, 3.05) is 26.8 Å². The molecule has 2 amide bonds. The van der Waals surface area contributed by atoms with E-state index in [4.69, 9.17) is 4.74 Å². The number of hydrogen-bond donors (Lipinski definition) is 0. The van der Waals surface area contributed by atoms with Gasteiger partial charge in [0.2, 0.25) is 11.8 Å². The van der Waals surface area contributed by atoms with Crippen LogP contribution < -0.4 is 0 Å². The number of methoxy groups -OCH3 is 1. The van der Waals surface area contributed by atoms with Gasteiger partial charge in [-0.15, -0.1) is 0 Å². The maximum absolute atomic E-state index is 12.6. The van der Waals surface area contributed by atoms with Crippen molar-refractivity contribution in [3.8, 4) is 0 Å². The average molecular weight is 282 g/mol. The van der Waals surface area contributed by atoms with Crippen molar-refractivity contribution in [3.63, 3.8) is 0 Å². The second-order valence-electron chi connectivity index (χ2n) is 6.74. The Morgan fingerprint density at radius 2 is 2.00 bits per heavy atom. The van der Waals surface area contributed by atoms with Gasteiger partial charge in [-0.3, -0.25) is 9.59 Å². The second kappa shape index (κ2) is 5.72. The van der Waals surface area contributed by atoms with Crippen LogP contribution in [0.2, 0.25) is 0 Å². The van der Waals surface area contributed by atoms with Crippen LogP contribution in [0.3, 0.4) is 0 Å². The number of nitrogens with zero attached hydrogens (tertiary/aromatic N) is 2. The van der Waals surface area contributed by atoms with E-state index in [0.29, 0.717) is 13.2 Å². The van der Waals surface area contributed by atoms with E-state index in [1.807, 2.05) is 6.92 Å². The Labute approximate surface area is 121 Å². The van der Waals surface area contributed by atoms with E-state index in [1.165, 1.54) is 0 Å². The molecular weight excluding hydrogens is 256 g/mol. The summed E-state index contributed by atoms with van der Waals surface area (Å²) in [6.45, 7) is 8.12. The number of carbonyl (C=O) groups excluding carboxylic acids is 2. The zero-order valence-corrected chi connectivity index (χ0v) is 13.0. The Morgan fingerprint density at radius 1 is 1.30 bits per heavy atom. The molecule has 0 aliphatic carbocycles. The summed E-state index contributed by atoms with van der Waals surface area (Å²) in [5.41, 5.74) is -0.0407. The van der Waals surface area contributed by atoms with Gasteiger partial charge in [-0.2, -0.15) is 0 Å².